The fraction of sp³-hybridized carbons (Fsp3) is 0.250. The van der Waals surface area contributed by atoms with Crippen LogP contribution < -0.4 is 5.32 Å². The molecule has 0 spiro atoms. The number of nitrogens with one attached hydrogen (secondary N) is 1. The monoisotopic (exact) mass is 269 g/mol. The number of benzene rings is 1. The van der Waals surface area contributed by atoms with Crippen LogP contribution in [-0.2, 0) is 0 Å². The molecule has 0 unspecified atom stereocenters. The number of hydrogen-bond donors (Lipinski definition) is 1. The van der Waals surface area contributed by atoms with Gasteiger partial charge in [-0.15, -0.1) is 0 Å². The maximum Gasteiger partial charge on any atom is 0.207 e. The van der Waals surface area contributed by atoms with Crippen molar-refractivity contribution in [2.75, 3.05) is 11.9 Å². The van der Waals surface area contributed by atoms with E-state index in [1.54, 1.807) is 6.07 Å². The number of rotatable bonds is 3. The number of halogens is 2. The summed E-state index contributed by atoms with van der Waals surface area (Å²) in [6, 6.07) is 5.42. The Morgan fingerprint density at radius 3 is 2.47 bits per heavy atom. The Morgan fingerprint density at radius 2 is 1.88 bits per heavy atom. The van der Waals surface area contributed by atoms with Gasteiger partial charge in [-0.25, -0.2) is 4.98 Å². The molecule has 0 aliphatic rings. The van der Waals surface area contributed by atoms with Crippen molar-refractivity contribution in [3.05, 3.63) is 40.1 Å². The number of anilines is 1. The number of nitrogens with zero attached hydrogens (tertiary/aromatic N) is 2. The van der Waals surface area contributed by atoms with Crippen LogP contribution >= 0.6 is 23.2 Å². The maximum atomic E-state index is 6.00. The molecule has 1 aromatic heterocycles. The SMILES string of the molecule is CCNc1nc(C)cn1-c1cc(Cl)cc(Cl)c1. The maximum absolute atomic E-state index is 6.00. The highest BCUT2D eigenvalue weighted by Crippen LogP contribution is 2.24. The van der Waals surface area contributed by atoms with E-state index >= 15 is 0 Å². The molecule has 5 heteroatoms. The molecule has 1 N–H and O–H groups in total. The molecule has 0 atom stereocenters. The van der Waals surface area contributed by atoms with Crippen molar-refractivity contribution in [3.63, 3.8) is 0 Å². The van der Waals surface area contributed by atoms with Crippen LogP contribution in [0.5, 0.6) is 0 Å². The van der Waals surface area contributed by atoms with Gasteiger partial charge in [-0.3, -0.25) is 4.57 Å². The molecular weight excluding hydrogens is 257 g/mol. The molecule has 0 fully saturated rings. The van der Waals surface area contributed by atoms with Crippen LogP contribution in [0.2, 0.25) is 10.0 Å². The van der Waals surface area contributed by atoms with Gasteiger partial charge >= 0.3 is 0 Å². The molecule has 1 aromatic carbocycles. The van der Waals surface area contributed by atoms with E-state index in [-0.39, 0.29) is 0 Å². The number of aryl methyl sites for hydroxylation is 1. The Morgan fingerprint density at radius 1 is 1.24 bits per heavy atom. The summed E-state index contributed by atoms with van der Waals surface area (Å²) in [5.74, 6) is 0.795. The van der Waals surface area contributed by atoms with E-state index < -0.39 is 0 Å². The largest absolute Gasteiger partial charge is 0.356 e. The van der Waals surface area contributed by atoms with Crippen LogP contribution in [0.3, 0.4) is 0 Å². The minimum absolute atomic E-state index is 0.612. The van der Waals surface area contributed by atoms with Gasteiger partial charge in [0.1, 0.15) is 0 Å². The molecule has 90 valence electrons. The van der Waals surface area contributed by atoms with Gasteiger partial charge in [-0.1, -0.05) is 23.2 Å². The molecule has 0 aliphatic carbocycles. The molecule has 17 heavy (non-hydrogen) atoms. The minimum atomic E-state index is 0.612. The Kier molecular flexibility index (Phi) is 3.60. The van der Waals surface area contributed by atoms with Gasteiger partial charge < -0.3 is 5.32 Å². The van der Waals surface area contributed by atoms with Crippen LogP contribution in [0.4, 0.5) is 5.95 Å². The van der Waals surface area contributed by atoms with Gasteiger partial charge in [-0.05, 0) is 32.0 Å². The minimum Gasteiger partial charge on any atom is -0.356 e. The van der Waals surface area contributed by atoms with Crippen molar-refractivity contribution in [2.24, 2.45) is 0 Å². The first-order chi connectivity index (χ1) is 8.10. The van der Waals surface area contributed by atoms with Gasteiger partial charge in [0.15, 0.2) is 0 Å². The van der Waals surface area contributed by atoms with E-state index in [9.17, 15) is 0 Å². The highest BCUT2D eigenvalue weighted by Gasteiger charge is 2.08. The van der Waals surface area contributed by atoms with Gasteiger partial charge in [0.05, 0.1) is 11.4 Å². The lowest BCUT2D eigenvalue weighted by Gasteiger charge is -2.09. The van der Waals surface area contributed by atoms with E-state index in [4.69, 9.17) is 23.2 Å². The molecule has 2 aromatic rings. The van der Waals surface area contributed by atoms with Gasteiger partial charge in [0.2, 0.25) is 5.95 Å². The first-order valence-electron chi connectivity index (χ1n) is 5.36. The molecule has 3 nitrogen and oxygen atoms in total. The summed E-state index contributed by atoms with van der Waals surface area (Å²) >= 11 is 12.0. The quantitative estimate of drug-likeness (QED) is 0.916. The second-order valence-corrected chi connectivity index (χ2v) is 4.61. The molecule has 2 rings (SSSR count). The summed E-state index contributed by atoms with van der Waals surface area (Å²) in [6.07, 6.45) is 1.94. The molecular formula is C12H13Cl2N3. The first kappa shape index (κ1) is 12.3. The van der Waals surface area contributed by atoms with Crippen molar-refractivity contribution in [2.45, 2.75) is 13.8 Å². The highest BCUT2D eigenvalue weighted by atomic mass is 35.5. The second-order valence-electron chi connectivity index (χ2n) is 3.73. The van der Waals surface area contributed by atoms with Gasteiger partial charge in [0, 0.05) is 22.8 Å². The average Bonchev–Trinajstić information content (AvgIpc) is 2.58. The molecule has 0 saturated carbocycles. The van der Waals surface area contributed by atoms with Crippen LogP contribution in [-0.4, -0.2) is 16.1 Å². The van der Waals surface area contributed by atoms with Crippen LogP contribution in [0.1, 0.15) is 12.6 Å². The number of imidazole rings is 1. The number of hydrogen-bond acceptors (Lipinski definition) is 2. The summed E-state index contributed by atoms with van der Waals surface area (Å²) < 4.78 is 1.94. The lowest BCUT2D eigenvalue weighted by Crippen LogP contribution is -2.04. The lowest BCUT2D eigenvalue weighted by molar-refractivity contribution is 1.02. The van der Waals surface area contributed by atoms with E-state index in [0.717, 1.165) is 23.9 Å². The molecule has 0 bridgehead atoms. The zero-order valence-electron chi connectivity index (χ0n) is 9.67. The number of aromatic nitrogens is 2. The van der Waals surface area contributed by atoms with Gasteiger partial charge in [0.25, 0.3) is 0 Å². The molecule has 1 heterocycles. The topological polar surface area (TPSA) is 29.9 Å². The summed E-state index contributed by atoms with van der Waals surface area (Å²) in [4.78, 5) is 4.40. The van der Waals surface area contributed by atoms with E-state index in [0.29, 0.717) is 10.0 Å². The molecule has 0 aliphatic heterocycles. The molecule has 0 radical (unpaired) electrons. The van der Waals surface area contributed by atoms with E-state index in [1.165, 1.54) is 0 Å². The summed E-state index contributed by atoms with van der Waals surface area (Å²) in [5.41, 5.74) is 1.84. The summed E-state index contributed by atoms with van der Waals surface area (Å²) in [5, 5.41) is 4.42. The Bertz CT molecular complexity index is 514. The fourth-order valence-corrected chi connectivity index (χ4v) is 2.17. The predicted octanol–water partition coefficient (Wildman–Crippen LogP) is 3.92. The van der Waals surface area contributed by atoms with Crippen LogP contribution in [0.15, 0.2) is 24.4 Å². The van der Waals surface area contributed by atoms with Crippen LogP contribution in [0.25, 0.3) is 5.69 Å². The first-order valence-corrected chi connectivity index (χ1v) is 6.12. The van der Waals surface area contributed by atoms with Crippen molar-refractivity contribution in [1.82, 2.24) is 9.55 Å². The summed E-state index contributed by atoms with van der Waals surface area (Å²) in [7, 11) is 0. The van der Waals surface area contributed by atoms with Crippen molar-refractivity contribution in [3.8, 4) is 5.69 Å². The second kappa shape index (κ2) is 4.98. The van der Waals surface area contributed by atoms with E-state index in [2.05, 4.69) is 10.3 Å². The third kappa shape index (κ3) is 2.73. The average molecular weight is 270 g/mol. The van der Waals surface area contributed by atoms with Crippen LogP contribution in [0, 0.1) is 6.92 Å². The highest BCUT2D eigenvalue weighted by molar-refractivity contribution is 6.34. The van der Waals surface area contributed by atoms with Crippen molar-refractivity contribution < 1.29 is 0 Å². The van der Waals surface area contributed by atoms with Crippen molar-refractivity contribution in [1.29, 1.82) is 0 Å². The Balaban J connectivity index is 2.51. The zero-order chi connectivity index (χ0) is 12.4. The standard InChI is InChI=1S/C12H13Cl2N3/c1-3-15-12-16-8(2)7-17(12)11-5-9(13)4-10(14)6-11/h4-7H,3H2,1-2H3,(H,15,16). The Hall–Kier alpha value is -1.19. The predicted molar refractivity (Wildman–Crippen MR) is 72.5 cm³/mol. The smallest absolute Gasteiger partial charge is 0.207 e. The fourth-order valence-electron chi connectivity index (χ4n) is 1.66. The molecule has 0 amide bonds. The third-order valence-corrected chi connectivity index (χ3v) is 2.72. The van der Waals surface area contributed by atoms with Crippen molar-refractivity contribution >= 4 is 29.2 Å². The normalized spacial score (nSPS) is 10.6. The zero-order valence-corrected chi connectivity index (χ0v) is 11.2. The van der Waals surface area contributed by atoms with E-state index in [1.807, 2.05) is 36.7 Å². The third-order valence-electron chi connectivity index (χ3n) is 2.29. The Labute approximate surface area is 110 Å². The summed E-state index contributed by atoms with van der Waals surface area (Å²) in [6.45, 7) is 4.79. The lowest BCUT2D eigenvalue weighted by atomic mass is 10.3. The van der Waals surface area contributed by atoms with Gasteiger partial charge in [-0.2, -0.15) is 0 Å². The molecule has 0 saturated heterocycles.